The Balaban J connectivity index is 1.76. The first kappa shape index (κ1) is 19.1. The van der Waals surface area contributed by atoms with Gasteiger partial charge in [0.25, 0.3) is 11.7 Å². The monoisotopic (exact) mass is 380 g/mol. The zero-order valence-corrected chi connectivity index (χ0v) is 17.1. The number of hydrogen-bond acceptors (Lipinski definition) is 3. The number of rotatable bonds is 6. The summed E-state index contributed by atoms with van der Waals surface area (Å²) in [5.74, 6) is -1.19. The molecule has 0 saturated heterocycles. The summed E-state index contributed by atoms with van der Waals surface area (Å²) in [5.41, 5.74) is 2.88. The molecule has 0 fully saturated rings. The number of nitrogens with one attached hydrogen (secondary N) is 1. The van der Waals surface area contributed by atoms with E-state index in [1.54, 1.807) is 12.3 Å². The Kier molecular flexibility index (Phi) is 5.30. The molecule has 0 radical (unpaired) electrons. The van der Waals surface area contributed by atoms with Gasteiger partial charge in [-0.25, -0.2) is 0 Å². The SMILES string of the molecule is Cn1cc(C(=O)C(=O)Nc2cccc(CO[Si](C)(C)C)c2)c2ccccc21. The molecule has 0 aliphatic heterocycles. The summed E-state index contributed by atoms with van der Waals surface area (Å²) in [4.78, 5) is 25.2. The van der Waals surface area contributed by atoms with Gasteiger partial charge in [-0.15, -0.1) is 0 Å². The molecular weight excluding hydrogens is 356 g/mol. The van der Waals surface area contributed by atoms with E-state index in [1.807, 2.05) is 54.1 Å². The van der Waals surface area contributed by atoms with Crippen molar-refractivity contribution < 1.29 is 14.0 Å². The number of hydrogen-bond donors (Lipinski definition) is 1. The van der Waals surface area contributed by atoms with Crippen molar-refractivity contribution in [2.24, 2.45) is 7.05 Å². The number of ketones is 1. The molecule has 0 aliphatic rings. The molecule has 140 valence electrons. The first-order valence-corrected chi connectivity index (χ1v) is 12.3. The minimum atomic E-state index is -1.62. The van der Waals surface area contributed by atoms with Crippen molar-refractivity contribution in [2.75, 3.05) is 5.32 Å². The van der Waals surface area contributed by atoms with Gasteiger partial charge in [0.1, 0.15) is 0 Å². The zero-order valence-electron chi connectivity index (χ0n) is 16.1. The Labute approximate surface area is 160 Å². The Hall–Kier alpha value is -2.70. The smallest absolute Gasteiger partial charge is 0.296 e. The van der Waals surface area contributed by atoms with Crippen LogP contribution in [0.15, 0.2) is 54.7 Å². The van der Waals surface area contributed by atoms with E-state index in [0.29, 0.717) is 17.9 Å². The zero-order chi connectivity index (χ0) is 19.6. The highest BCUT2D eigenvalue weighted by Gasteiger charge is 2.21. The summed E-state index contributed by atoms with van der Waals surface area (Å²) < 4.78 is 7.75. The normalized spacial score (nSPS) is 11.6. The number of carbonyl (C=O) groups excluding carboxylic acids is 2. The maximum absolute atomic E-state index is 12.7. The lowest BCUT2D eigenvalue weighted by molar-refractivity contribution is -0.112. The lowest BCUT2D eigenvalue weighted by Crippen LogP contribution is -2.25. The van der Waals surface area contributed by atoms with Crippen LogP contribution < -0.4 is 5.32 Å². The van der Waals surface area contributed by atoms with E-state index in [9.17, 15) is 9.59 Å². The average molecular weight is 381 g/mol. The second kappa shape index (κ2) is 7.50. The highest BCUT2D eigenvalue weighted by Crippen LogP contribution is 2.21. The molecule has 3 rings (SSSR count). The molecule has 0 bridgehead atoms. The van der Waals surface area contributed by atoms with Crippen molar-refractivity contribution in [2.45, 2.75) is 26.2 Å². The van der Waals surface area contributed by atoms with Crippen LogP contribution in [0.4, 0.5) is 5.69 Å². The third-order valence-electron chi connectivity index (χ3n) is 4.20. The number of fused-ring (bicyclic) bond motifs is 1. The third kappa shape index (κ3) is 4.53. The van der Waals surface area contributed by atoms with E-state index in [-0.39, 0.29) is 0 Å². The molecule has 0 aliphatic carbocycles. The molecule has 1 N–H and O–H groups in total. The first-order valence-electron chi connectivity index (χ1n) is 8.87. The van der Waals surface area contributed by atoms with Crippen LogP contribution in [0.5, 0.6) is 0 Å². The number of amides is 1. The van der Waals surface area contributed by atoms with Gasteiger partial charge < -0.3 is 14.3 Å². The minimum Gasteiger partial charge on any atom is -0.413 e. The molecule has 0 unspecified atom stereocenters. The standard InChI is InChI=1S/C21H24N2O3Si/c1-23-13-18(17-10-5-6-11-19(17)23)20(24)21(25)22-16-9-7-8-15(12-16)14-26-27(2,3)4/h5-13H,14H2,1-4H3,(H,22,25). The van der Waals surface area contributed by atoms with Crippen molar-refractivity contribution in [1.82, 2.24) is 4.57 Å². The van der Waals surface area contributed by atoms with Crippen LogP contribution in [0.25, 0.3) is 10.9 Å². The molecule has 27 heavy (non-hydrogen) atoms. The first-order chi connectivity index (χ1) is 12.7. The van der Waals surface area contributed by atoms with Gasteiger partial charge >= 0.3 is 0 Å². The second-order valence-electron chi connectivity index (χ2n) is 7.56. The Morgan fingerprint density at radius 2 is 1.81 bits per heavy atom. The fraction of sp³-hybridized carbons (Fsp3) is 0.238. The van der Waals surface area contributed by atoms with Crippen LogP contribution >= 0.6 is 0 Å². The van der Waals surface area contributed by atoms with E-state index < -0.39 is 20.0 Å². The van der Waals surface area contributed by atoms with Crippen LogP contribution in [0.3, 0.4) is 0 Å². The maximum atomic E-state index is 12.7. The van der Waals surface area contributed by atoms with Gasteiger partial charge in [0.05, 0.1) is 12.2 Å². The molecule has 3 aromatic rings. The van der Waals surface area contributed by atoms with E-state index >= 15 is 0 Å². The van der Waals surface area contributed by atoms with Gasteiger partial charge in [0, 0.05) is 29.8 Å². The molecule has 1 amide bonds. The van der Waals surface area contributed by atoms with Gasteiger partial charge in [-0.2, -0.15) is 0 Å². The second-order valence-corrected chi connectivity index (χ2v) is 12.1. The van der Waals surface area contributed by atoms with E-state index in [1.165, 1.54) is 0 Å². The molecule has 0 atom stereocenters. The molecule has 1 heterocycles. The third-order valence-corrected chi connectivity index (χ3v) is 5.21. The minimum absolute atomic E-state index is 0.406. The van der Waals surface area contributed by atoms with Gasteiger partial charge in [0.15, 0.2) is 8.32 Å². The van der Waals surface area contributed by atoms with E-state index in [2.05, 4.69) is 25.0 Å². The largest absolute Gasteiger partial charge is 0.413 e. The Bertz CT molecular complexity index is 1000. The molecule has 0 saturated carbocycles. The highest BCUT2D eigenvalue weighted by atomic mass is 28.4. The van der Waals surface area contributed by atoms with Crippen molar-refractivity contribution >= 4 is 36.6 Å². The van der Waals surface area contributed by atoms with Crippen LogP contribution in [0, 0.1) is 0 Å². The van der Waals surface area contributed by atoms with Gasteiger partial charge in [0.2, 0.25) is 0 Å². The number of anilines is 1. The highest BCUT2D eigenvalue weighted by molar-refractivity contribution is 6.69. The number of aromatic nitrogens is 1. The lowest BCUT2D eigenvalue weighted by atomic mass is 10.1. The Morgan fingerprint density at radius 3 is 2.56 bits per heavy atom. The summed E-state index contributed by atoms with van der Waals surface area (Å²) in [6.07, 6.45) is 1.70. The maximum Gasteiger partial charge on any atom is 0.296 e. The van der Waals surface area contributed by atoms with E-state index in [0.717, 1.165) is 16.5 Å². The quantitative estimate of drug-likeness (QED) is 0.393. The molecular formula is C21H24N2O3Si. The summed E-state index contributed by atoms with van der Waals surface area (Å²) in [7, 11) is 0.241. The van der Waals surface area contributed by atoms with Gasteiger partial charge in [-0.3, -0.25) is 9.59 Å². The fourth-order valence-corrected chi connectivity index (χ4v) is 3.47. The predicted molar refractivity (Wildman–Crippen MR) is 110 cm³/mol. The van der Waals surface area contributed by atoms with Gasteiger partial charge in [-0.1, -0.05) is 30.3 Å². The molecule has 2 aromatic carbocycles. The van der Waals surface area contributed by atoms with Crippen LogP contribution in [0.2, 0.25) is 19.6 Å². The predicted octanol–water partition coefficient (Wildman–Crippen LogP) is 4.35. The molecule has 1 aromatic heterocycles. The number of carbonyl (C=O) groups is 2. The van der Waals surface area contributed by atoms with Gasteiger partial charge in [-0.05, 0) is 43.4 Å². The summed E-state index contributed by atoms with van der Waals surface area (Å²) in [5, 5.41) is 3.49. The number of nitrogens with zero attached hydrogens (tertiary/aromatic N) is 1. The van der Waals surface area contributed by atoms with Crippen molar-refractivity contribution in [3.8, 4) is 0 Å². The molecule has 0 spiro atoms. The van der Waals surface area contributed by atoms with Crippen molar-refractivity contribution in [3.05, 3.63) is 65.9 Å². The Morgan fingerprint density at radius 1 is 1.07 bits per heavy atom. The molecule has 6 heteroatoms. The molecule has 5 nitrogen and oxygen atoms in total. The van der Waals surface area contributed by atoms with Crippen molar-refractivity contribution in [3.63, 3.8) is 0 Å². The van der Waals surface area contributed by atoms with E-state index in [4.69, 9.17) is 4.43 Å². The topological polar surface area (TPSA) is 60.3 Å². The number of aryl methyl sites for hydroxylation is 1. The van der Waals surface area contributed by atoms with Crippen molar-refractivity contribution in [1.29, 1.82) is 0 Å². The van der Waals surface area contributed by atoms with Crippen LogP contribution in [-0.2, 0) is 22.9 Å². The van der Waals surface area contributed by atoms with Crippen LogP contribution in [0.1, 0.15) is 15.9 Å². The average Bonchev–Trinajstić information content (AvgIpc) is 2.96. The summed E-state index contributed by atoms with van der Waals surface area (Å²) in [6, 6.07) is 14.9. The summed E-state index contributed by atoms with van der Waals surface area (Å²) >= 11 is 0. The fourth-order valence-electron chi connectivity index (χ4n) is 2.87. The number of benzene rings is 2. The lowest BCUT2D eigenvalue weighted by Gasteiger charge is -2.17. The summed E-state index contributed by atoms with van der Waals surface area (Å²) in [6.45, 7) is 6.88. The number of Topliss-reactive ketones (excluding diaryl/α,β-unsaturated/α-hetero) is 1. The number of para-hydroxylation sites is 1. The van der Waals surface area contributed by atoms with Crippen LogP contribution in [-0.4, -0.2) is 24.6 Å².